The van der Waals surface area contributed by atoms with E-state index in [0.29, 0.717) is 33.2 Å². The highest BCUT2D eigenvalue weighted by Gasteiger charge is 2.17. The predicted molar refractivity (Wildman–Crippen MR) is 132 cm³/mol. The van der Waals surface area contributed by atoms with Crippen LogP contribution in [0.15, 0.2) is 78.1 Å². The topological polar surface area (TPSA) is 82.8 Å². The van der Waals surface area contributed by atoms with E-state index in [9.17, 15) is 9.59 Å². The molecule has 0 unspecified atom stereocenters. The van der Waals surface area contributed by atoms with Gasteiger partial charge in [-0.3, -0.25) is 9.59 Å². The molecular weight excluding hydrogens is 450 g/mol. The molecule has 8 heteroatoms. The maximum atomic E-state index is 13.0. The van der Waals surface area contributed by atoms with Crippen LogP contribution in [-0.4, -0.2) is 27.2 Å². The Balaban J connectivity index is 1.55. The number of ether oxygens (including phenoxy) is 2. The molecule has 0 N–H and O–H groups in total. The smallest absolute Gasteiger partial charge is 0.308 e. The number of fused-ring (bicyclic) bond motifs is 2. The van der Waals surface area contributed by atoms with Gasteiger partial charge >= 0.3 is 5.97 Å². The van der Waals surface area contributed by atoms with E-state index in [-0.39, 0.29) is 5.56 Å². The fourth-order valence-corrected chi connectivity index (χ4v) is 4.46. The number of thiazole rings is 1. The minimum atomic E-state index is -0.445. The second kappa shape index (κ2) is 8.92. The van der Waals surface area contributed by atoms with Crippen molar-refractivity contribution in [3.63, 3.8) is 0 Å². The maximum absolute atomic E-state index is 13.0. The molecule has 2 aromatic heterocycles. The summed E-state index contributed by atoms with van der Waals surface area (Å²) in [6, 6.07) is 18.8. The van der Waals surface area contributed by atoms with Crippen LogP contribution in [0.4, 0.5) is 0 Å². The zero-order chi connectivity index (χ0) is 23.7. The van der Waals surface area contributed by atoms with Gasteiger partial charge in [0.1, 0.15) is 18.1 Å². The Morgan fingerprint density at radius 1 is 1.12 bits per heavy atom. The van der Waals surface area contributed by atoms with Gasteiger partial charge in [-0.15, -0.1) is 5.10 Å². The van der Waals surface area contributed by atoms with Crippen LogP contribution < -0.4 is 19.6 Å². The Morgan fingerprint density at radius 2 is 1.85 bits per heavy atom. The van der Waals surface area contributed by atoms with E-state index in [4.69, 9.17) is 9.47 Å². The third-order valence-electron chi connectivity index (χ3n) is 5.07. The molecule has 0 saturated carbocycles. The summed E-state index contributed by atoms with van der Waals surface area (Å²) in [6.07, 6.45) is 3.47. The Kier molecular flexibility index (Phi) is 5.65. The Morgan fingerprint density at radius 3 is 2.53 bits per heavy atom. The van der Waals surface area contributed by atoms with Crippen LogP contribution in [0.5, 0.6) is 11.5 Å². The Hall–Kier alpha value is -4.30. The number of hydrogen-bond acceptors (Lipinski definition) is 7. The molecule has 3 aromatic carbocycles. The van der Waals surface area contributed by atoms with Crippen LogP contribution in [0.1, 0.15) is 12.5 Å². The molecule has 0 spiro atoms. The summed E-state index contributed by atoms with van der Waals surface area (Å²) in [7, 11) is 0. The summed E-state index contributed by atoms with van der Waals surface area (Å²) >= 11 is 1.24. The summed E-state index contributed by atoms with van der Waals surface area (Å²) < 4.78 is 12.7. The first-order chi connectivity index (χ1) is 16.5. The molecule has 0 aliphatic rings. The number of aromatic nitrogens is 3. The predicted octanol–water partition coefficient (Wildman–Crippen LogP) is 4.01. The number of rotatable bonds is 6. The number of carbonyl (C=O) groups is 1. The van der Waals surface area contributed by atoms with Crippen molar-refractivity contribution in [3.05, 3.63) is 93.8 Å². The molecule has 5 aromatic rings. The van der Waals surface area contributed by atoms with E-state index in [1.807, 2.05) is 54.6 Å². The third kappa shape index (κ3) is 4.18. The summed E-state index contributed by atoms with van der Waals surface area (Å²) in [6.45, 7) is 5.40. The van der Waals surface area contributed by atoms with Crippen LogP contribution in [0.2, 0.25) is 0 Å². The van der Waals surface area contributed by atoms with Crippen LogP contribution in [0.25, 0.3) is 33.2 Å². The van der Waals surface area contributed by atoms with Crippen LogP contribution in [-0.2, 0) is 4.79 Å². The van der Waals surface area contributed by atoms with E-state index in [1.165, 1.54) is 22.8 Å². The molecule has 0 saturated heterocycles. The monoisotopic (exact) mass is 469 g/mol. The van der Waals surface area contributed by atoms with Crippen LogP contribution in [0.3, 0.4) is 0 Å². The molecule has 0 fully saturated rings. The summed E-state index contributed by atoms with van der Waals surface area (Å²) in [5.74, 6) is 0.952. The highest BCUT2D eigenvalue weighted by molar-refractivity contribution is 7.15. The van der Waals surface area contributed by atoms with Gasteiger partial charge in [-0.1, -0.05) is 60.4 Å². The molecule has 34 heavy (non-hydrogen) atoms. The first-order valence-corrected chi connectivity index (χ1v) is 11.3. The molecule has 168 valence electrons. The second-order valence-electron chi connectivity index (χ2n) is 7.50. The number of carbonyl (C=O) groups excluding carboxylic acids is 1. The van der Waals surface area contributed by atoms with E-state index >= 15 is 0 Å². The quantitative estimate of drug-likeness (QED) is 0.212. The largest absolute Gasteiger partial charge is 0.490 e. The zero-order valence-corrected chi connectivity index (χ0v) is 19.0. The van der Waals surface area contributed by atoms with Gasteiger partial charge in [0.2, 0.25) is 4.96 Å². The number of nitrogens with zero attached hydrogens (tertiary/aromatic N) is 3. The fourth-order valence-electron chi connectivity index (χ4n) is 3.55. The van der Waals surface area contributed by atoms with E-state index in [1.54, 1.807) is 18.2 Å². The minimum absolute atomic E-state index is 0.263. The lowest BCUT2D eigenvalue weighted by Gasteiger charge is -2.08. The molecule has 0 atom stereocenters. The van der Waals surface area contributed by atoms with Gasteiger partial charge in [-0.05, 0) is 46.7 Å². The van der Waals surface area contributed by atoms with E-state index < -0.39 is 5.97 Å². The lowest BCUT2D eigenvalue weighted by atomic mass is 10.1. The van der Waals surface area contributed by atoms with Crippen molar-refractivity contribution in [1.29, 1.82) is 0 Å². The molecule has 0 bridgehead atoms. The van der Waals surface area contributed by atoms with E-state index in [2.05, 4.69) is 16.7 Å². The third-order valence-corrected chi connectivity index (χ3v) is 6.03. The zero-order valence-electron chi connectivity index (χ0n) is 18.2. The molecule has 0 aliphatic carbocycles. The second-order valence-corrected chi connectivity index (χ2v) is 8.51. The van der Waals surface area contributed by atoms with Crippen LogP contribution in [0, 0.1) is 0 Å². The molecule has 2 heterocycles. The Bertz CT molecular complexity index is 1650. The standard InChI is InChI=1S/C26H19N3O4S/c1-3-12-32-20-10-8-17(9-11-20)13-23-25(31)29-26(34-23)27-24(28-29)21-14-18-6-4-5-7-19(18)15-22(21)33-16(2)30/h3-11,13-15H,1,12H2,2H3. The number of benzene rings is 3. The highest BCUT2D eigenvalue weighted by Crippen LogP contribution is 2.33. The fraction of sp³-hybridized carbons (Fsp3) is 0.0769. The van der Waals surface area contributed by atoms with Gasteiger partial charge in [-0.25, -0.2) is 0 Å². The SMILES string of the molecule is C=CCOc1ccc(C=c2sc3nc(-c4cc5ccccc5cc4OC(C)=O)nn3c2=O)cc1. The van der Waals surface area contributed by atoms with Crippen molar-refractivity contribution >= 4 is 39.1 Å². The first-order valence-electron chi connectivity index (χ1n) is 10.5. The minimum Gasteiger partial charge on any atom is -0.490 e. The van der Waals surface area contributed by atoms with Gasteiger partial charge in [0.05, 0.1) is 10.1 Å². The van der Waals surface area contributed by atoms with Crippen molar-refractivity contribution < 1.29 is 14.3 Å². The summed E-state index contributed by atoms with van der Waals surface area (Å²) in [5, 5.41) is 6.30. The highest BCUT2D eigenvalue weighted by atomic mass is 32.1. The van der Waals surface area contributed by atoms with E-state index in [0.717, 1.165) is 22.1 Å². The average molecular weight is 470 g/mol. The first kappa shape index (κ1) is 21.5. The van der Waals surface area contributed by atoms with Crippen molar-refractivity contribution in [2.75, 3.05) is 6.61 Å². The summed E-state index contributed by atoms with van der Waals surface area (Å²) in [5.41, 5.74) is 1.14. The lowest BCUT2D eigenvalue weighted by Crippen LogP contribution is -2.23. The van der Waals surface area contributed by atoms with Crippen molar-refractivity contribution in [2.24, 2.45) is 0 Å². The van der Waals surface area contributed by atoms with Crippen molar-refractivity contribution in [3.8, 4) is 22.9 Å². The molecule has 7 nitrogen and oxygen atoms in total. The normalized spacial score (nSPS) is 11.7. The molecular formula is C26H19N3O4S. The average Bonchev–Trinajstić information content (AvgIpc) is 3.37. The molecule has 0 aliphatic heterocycles. The number of hydrogen-bond donors (Lipinski definition) is 0. The van der Waals surface area contributed by atoms with Crippen molar-refractivity contribution in [1.82, 2.24) is 14.6 Å². The van der Waals surface area contributed by atoms with Gasteiger partial charge < -0.3 is 9.47 Å². The van der Waals surface area contributed by atoms with Crippen LogP contribution >= 0.6 is 11.3 Å². The molecule has 0 amide bonds. The maximum Gasteiger partial charge on any atom is 0.308 e. The van der Waals surface area contributed by atoms with Gasteiger partial charge in [0, 0.05) is 6.92 Å². The van der Waals surface area contributed by atoms with Gasteiger partial charge in [0.25, 0.3) is 5.56 Å². The van der Waals surface area contributed by atoms with Gasteiger partial charge in [0.15, 0.2) is 5.82 Å². The molecule has 0 radical (unpaired) electrons. The Labute approximate surface area is 198 Å². The number of esters is 1. The summed E-state index contributed by atoms with van der Waals surface area (Å²) in [4.78, 5) is 29.7. The van der Waals surface area contributed by atoms with Crippen molar-refractivity contribution in [2.45, 2.75) is 6.92 Å². The van der Waals surface area contributed by atoms with Gasteiger partial charge in [-0.2, -0.15) is 9.50 Å². The molecule has 5 rings (SSSR count). The lowest BCUT2D eigenvalue weighted by molar-refractivity contribution is -0.131.